The highest BCUT2D eigenvalue weighted by Gasteiger charge is 2.14. The molecular weight excluding hydrogens is 300 g/mol. The lowest BCUT2D eigenvalue weighted by Crippen LogP contribution is -1.98. The van der Waals surface area contributed by atoms with Crippen LogP contribution in [0.25, 0.3) is 22.2 Å². The number of hydrogen-bond donors (Lipinski definition) is 0. The second-order valence-corrected chi connectivity index (χ2v) is 6.67. The average Bonchev–Trinajstić information content (AvgIpc) is 3.18. The second kappa shape index (κ2) is 5.78. The molecule has 24 heavy (non-hydrogen) atoms. The molecule has 0 aliphatic heterocycles. The molecule has 0 aliphatic carbocycles. The van der Waals surface area contributed by atoms with Gasteiger partial charge < -0.3 is 8.83 Å². The van der Waals surface area contributed by atoms with Crippen molar-refractivity contribution in [3.8, 4) is 0 Å². The Labute approximate surface area is 140 Å². The van der Waals surface area contributed by atoms with E-state index in [0.717, 1.165) is 34.5 Å². The van der Waals surface area contributed by atoms with Gasteiger partial charge in [0.15, 0.2) is 23.5 Å². The zero-order valence-electron chi connectivity index (χ0n) is 14.1. The lowest BCUT2D eigenvalue weighted by Gasteiger charge is -2.08. The zero-order chi connectivity index (χ0) is 16.7. The van der Waals surface area contributed by atoms with Crippen molar-refractivity contribution in [1.29, 1.82) is 0 Å². The fourth-order valence-electron chi connectivity index (χ4n) is 3.00. The molecule has 1 unspecified atom stereocenters. The van der Waals surface area contributed by atoms with Gasteiger partial charge in [-0.2, -0.15) is 0 Å². The van der Waals surface area contributed by atoms with E-state index in [1.807, 2.05) is 18.2 Å². The Morgan fingerprint density at radius 3 is 2.58 bits per heavy atom. The van der Waals surface area contributed by atoms with Crippen molar-refractivity contribution in [3.05, 3.63) is 59.8 Å². The van der Waals surface area contributed by atoms with Gasteiger partial charge in [0.05, 0.1) is 0 Å². The average molecular weight is 320 g/mol. The quantitative estimate of drug-likeness (QED) is 0.502. The normalized spacial score (nSPS) is 13.2. The van der Waals surface area contributed by atoms with Crippen LogP contribution in [0.4, 0.5) is 0 Å². The van der Waals surface area contributed by atoms with Crippen molar-refractivity contribution < 1.29 is 8.83 Å². The lowest BCUT2D eigenvalue weighted by molar-refractivity contribution is 0.507. The number of hydrogen-bond acceptors (Lipinski definition) is 4. The van der Waals surface area contributed by atoms with Crippen LogP contribution in [-0.2, 0) is 6.42 Å². The topological polar surface area (TPSA) is 52.1 Å². The molecule has 0 aliphatic rings. The molecule has 4 heteroatoms. The summed E-state index contributed by atoms with van der Waals surface area (Å²) in [5.74, 6) is 1.55. The molecule has 0 radical (unpaired) electrons. The summed E-state index contributed by atoms with van der Waals surface area (Å²) in [6, 6.07) is 12.4. The van der Waals surface area contributed by atoms with Gasteiger partial charge in [0.25, 0.3) is 0 Å². The molecule has 0 spiro atoms. The van der Waals surface area contributed by atoms with Crippen LogP contribution in [0.15, 0.2) is 51.6 Å². The van der Waals surface area contributed by atoms with E-state index >= 15 is 0 Å². The van der Waals surface area contributed by atoms with Crippen molar-refractivity contribution >= 4 is 22.2 Å². The van der Waals surface area contributed by atoms with Crippen LogP contribution in [0.2, 0.25) is 0 Å². The molecule has 4 rings (SSSR count). The number of fused-ring (bicyclic) bond motifs is 2. The summed E-state index contributed by atoms with van der Waals surface area (Å²) >= 11 is 0. The van der Waals surface area contributed by atoms with Crippen molar-refractivity contribution in [2.24, 2.45) is 0 Å². The third kappa shape index (κ3) is 2.68. The largest absolute Gasteiger partial charge is 0.443 e. The van der Waals surface area contributed by atoms with Crippen molar-refractivity contribution in [1.82, 2.24) is 9.97 Å². The number of aromatic nitrogens is 2. The highest BCUT2D eigenvalue weighted by molar-refractivity contribution is 5.74. The molecular formula is C20H20N2O2. The van der Waals surface area contributed by atoms with Gasteiger partial charge in [-0.3, -0.25) is 0 Å². The summed E-state index contributed by atoms with van der Waals surface area (Å²) in [6.07, 6.45) is 2.23. The van der Waals surface area contributed by atoms with Gasteiger partial charge in [0, 0.05) is 6.42 Å². The molecule has 2 heterocycles. The lowest BCUT2D eigenvalue weighted by atomic mass is 9.97. The molecule has 4 nitrogen and oxygen atoms in total. The van der Waals surface area contributed by atoms with E-state index in [1.165, 1.54) is 17.5 Å². The maximum atomic E-state index is 5.92. The number of rotatable bonds is 4. The Bertz CT molecular complexity index is 997. The molecule has 0 amide bonds. The van der Waals surface area contributed by atoms with E-state index in [1.54, 1.807) is 0 Å². The zero-order valence-corrected chi connectivity index (χ0v) is 14.1. The predicted molar refractivity (Wildman–Crippen MR) is 94.2 cm³/mol. The van der Waals surface area contributed by atoms with Crippen LogP contribution in [0, 0.1) is 0 Å². The molecule has 0 saturated carbocycles. The number of oxazole rings is 2. The molecule has 122 valence electrons. The molecule has 2 aromatic heterocycles. The molecule has 4 aromatic rings. The van der Waals surface area contributed by atoms with Crippen molar-refractivity contribution in [2.45, 2.75) is 39.0 Å². The van der Waals surface area contributed by atoms with Crippen LogP contribution in [-0.4, -0.2) is 9.97 Å². The Hall–Kier alpha value is -2.62. The fourth-order valence-corrected chi connectivity index (χ4v) is 3.00. The summed E-state index contributed by atoms with van der Waals surface area (Å²) in [6.45, 7) is 6.54. The summed E-state index contributed by atoms with van der Waals surface area (Å²) < 4.78 is 11.3. The standard InChI is InChI=1S/C20H20N2O2/c1-12(2)14-5-7-18-17(9-14)22-20(24-18)8-13(3)15-4-6-16-19(10-15)23-11-21-16/h4-7,9-13H,8H2,1-3H3. The predicted octanol–water partition coefficient (Wildman–Crippen LogP) is 5.44. The van der Waals surface area contributed by atoms with Gasteiger partial charge in [-0.25, -0.2) is 9.97 Å². The van der Waals surface area contributed by atoms with E-state index in [4.69, 9.17) is 8.83 Å². The van der Waals surface area contributed by atoms with E-state index < -0.39 is 0 Å². The maximum absolute atomic E-state index is 5.92. The summed E-state index contributed by atoms with van der Waals surface area (Å²) in [5.41, 5.74) is 5.98. The van der Waals surface area contributed by atoms with Gasteiger partial charge in [0.2, 0.25) is 0 Å². The first-order chi connectivity index (χ1) is 11.6. The van der Waals surface area contributed by atoms with E-state index in [-0.39, 0.29) is 5.92 Å². The van der Waals surface area contributed by atoms with Crippen LogP contribution >= 0.6 is 0 Å². The van der Waals surface area contributed by atoms with Crippen LogP contribution in [0.5, 0.6) is 0 Å². The third-order valence-corrected chi connectivity index (χ3v) is 4.53. The van der Waals surface area contributed by atoms with Gasteiger partial charge >= 0.3 is 0 Å². The Morgan fingerprint density at radius 2 is 1.75 bits per heavy atom. The first-order valence-corrected chi connectivity index (χ1v) is 8.32. The molecule has 0 saturated heterocycles. The smallest absolute Gasteiger partial charge is 0.196 e. The SMILES string of the molecule is CC(C)c1ccc2oc(CC(C)c3ccc4ncoc4c3)nc2c1. The first-order valence-electron chi connectivity index (χ1n) is 8.32. The minimum absolute atomic E-state index is 0.289. The monoisotopic (exact) mass is 320 g/mol. The highest BCUT2D eigenvalue weighted by Crippen LogP contribution is 2.27. The Kier molecular flexibility index (Phi) is 3.60. The van der Waals surface area contributed by atoms with E-state index in [0.29, 0.717) is 5.92 Å². The van der Waals surface area contributed by atoms with Crippen molar-refractivity contribution in [3.63, 3.8) is 0 Å². The van der Waals surface area contributed by atoms with Gasteiger partial charge in [-0.15, -0.1) is 0 Å². The first kappa shape index (κ1) is 14.9. The Balaban J connectivity index is 1.60. The minimum Gasteiger partial charge on any atom is -0.443 e. The molecule has 0 N–H and O–H groups in total. The van der Waals surface area contributed by atoms with E-state index in [9.17, 15) is 0 Å². The van der Waals surface area contributed by atoms with Crippen LogP contribution in [0.1, 0.15) is 49.6 Å². The summed E-state index contributed by atoms with van der Waals surface area (Å²) in [5, 5.41) is 0. The molecule has 0 bridgehead atoms. The summed E-state index contributed by atoms with van der Waals surface area (Å²) in [4.78, 5) is 8.83. The Morgan fingerprint density at radius 1 is 0.917 bits per heavy atom. The number of nitrogens with zero attached hydrogens (tertiary/aromatic N) is 2. The fraction of sp³-hybridized carbons (Fsp3) is 0.300. The van der Waals surface area contributed by atoms with Gasteiger partial charge in [0.1, 0.15) is 11.0 Å². The third-order valence-electron chi connectivity index (χ3n) is 4.53. The maximum Gasteiger partial charge on any atom is 0.196 e. The minimum atomic E-state index is 0.289. The van der Waals surface area contributed by atoms with E-state index in [2.05, 4.69) is 48.9 Å². The highest BCUT2D eigenvalue weighted by atomic mass is 16.3. The molecule has 2 aromatic carbocycles. The second-order valence-electron chi connectivity index (χ2n) is 6.67. The molecule has 0 fully saturated rings. The van der Waals surface area contributed by atoms with Gasteiger partial charge in [-0.1, -0.05) is 32.9 Å². The van der Waals surface area contributed by atoms with Crippen LogP contribution in [0.3, 0.4) is 0 Å². The van der Waals surface area contributed by atoms with Gasteiger partial charge in [-0.05, 0) is 47.2 Å². The van der Waals surface area contributed by atoms with Crippen LogP contribution < -0.4 is 0 Å². The molecule has 1 atom stereocenters. The number of benzene rings is 2. The summed E-state index contributed by atoms with van der Waals surface area (Å²) in [7, 11) is 0. The van der Waals surface area contributed by atoms with Crippen molar-refractivity contribution in [2.75, 3.05) is 0 Å².